The lowest BCUT2D eigenvalue weighted by Gasteiger charge is -2.12. The summed E-state index contributed by atoms with van der Waals surface area (Å²) < 4.78 is 31.6. The lowest BCUT2D eigenvalue weighted by Crippen LogP contribution is -2.22. The van der Waals surface area contributed by atoms with Gasteiger partial charge in [-0.3, -0.25) is 4.79 Å². The summed E-state index contributed by atoms with van der Waals surface area (Å²) in [6, 6.07) is 11.2. The van der Waals surface area contributed by atoms with Gasteiger partial charge in [-0.15, -0.1) is 0 Å². The van der Waals surface area contributed by atoms with Crippen LogP contribution in [0.4, 0.5) is 5.69 Å². The predicted molar refractivity (Wildman–Crippen MR) is 110 cm³/mol. The SMILES string of the molecule is CCCCOc1ccc(C(=O)Nc2ccc(S(=O)(=O)N(C)C)cc2)cc1Br. The summed E-state index contributed by atoms with van der Waals surface area (Å²) in [5.74, 6) is 0.400. The number of unbranched alkanes of at least 4 members (excludes halogenated alkanes) is 1. The van der Waals surface area contributed by atoms with E-state index in [2.05, 4.69) is 28.2 Å². The van der Waals surface area contributed by atoms with Crippen molar-refractivity contribution in [2.75, 3.05) is 26.0 Å². The van der Waals surface area contributed by atoms with Crippen LogP contribution in [0.1, 0.15) is 30.1 Å². The largest absolute Gasteiger partial charge is 0.492 e. The molecule has 0 aromatic heterocycles. The lowest BCUT2D eigenvalue weighted by atomic mass is 10.2. The van der Waals surface area contributed by atoms with E-state index in [0.717, 1.165) is 17.1 Å². The van der Waals surface area contributed by atoms with Crippen LogP contribution in [0.15, 0.2) is 51.8 Å². The number of nitrogens with zero attached hydrogens (tertiary/aromatic N) is 1. The number of carbonyl (C=O) groups excluding carboxylic acids is 1. The van der Waals surface area contributed by atoms with E-state index in [0.29, 0.717) is 28.1 Å². The Bertz CT molecular complexity index is 896. The van der Waals surface area contributed by atoms with E-state index < -0.39 is 10.0 Å². The highest BCUT2D eigenvalue weighted by Crippen LogP contribution is 2.27. The van der Waals surface area contributed by atoms with Gasteiger partial charge < -0.3 is 10.1 Å². The van der Waals surface area contributed by atoms with E-state index in [-0.39, 0.29) is 10.8 Å². The summed E-state index contributed by atoms with van der Waals surface area (Å²) in [5, 5.41) is 2.76. The van der Waals surface area contributed by atoms with Gasteiger partial charge in [0.05, 0.1) is 16.0 Å². The highest BCUT2D eigenvalue weighted by atomic mass is 79.9. The number of nitrogens with one attached hydrogen (secondary N) is 1. The molecule has 0 aliphatic rings. The quantitative estimate of drug-likeness (QED) is 0.608. The normalized spacial score (nSPS) is 11.4. The van der Waals surface area contributed by atoms with Crippen molar-refractivity contribution in [2.24, 2.45) is 0 Å². The number of halogens is 1. The molecule has 2 aromatic carbocycles. The molecule has 0 heterocycles. The van der Waals surface area contributed by atoms with Crippen LogP contribution in [0.3, 0.4) is 0 Å². The molecular formula is C19H23BrN2O4S. The molecule has 146 valence electrons. The van der Waals surface area contributed by atoms with Gasteiger partial charge in [0.25, 0.3) is 5.91 Å². The van der Waals surface area contributed by atoms with Crippen molar-refractivity contribution < 1.29 is 17.9 Å². The number of carbonyl (C=O) groups is 1. The predicted octanol–water partition coefficient (Wildman–Crippen LogP) is 4.13. The van der Waals surface area contributed by atoms with Crippen molar-refractivity contribution in [1.29, 1.82) is 0 Å². The molecular weight excluding hydrogens is 432 g/mol. The number of amides is 1. The molecule has 0 saturated carbocycles. The van der Waals surface area contributed by atoms with Crippen LogP contribution in [0.2, 0.25) is 0 Å². The summed E-state index contributed by atoms with van der Waals surface area (Å²) in [5.41, 5.74) is 0.979. The molecule has 0 fully saturated rings. The number of anilines is 1. The molecule has 8 heteroatoms. The van der Waals surface area contributed by atoms with Gasteiger partial charge in [0, 0.05) is 25.3 Å². The first-order valence-corrected chi connectivity index (χ1v) is 10.7. The lowest BCUT2D eigenvalue weighted by molar-refractivity contribution is 0.102. The molecule has 0 bridgehead atoms. The van der Waals surface area contributed by atoms with E-state index in [4.69, 9.17) is 4.74 Å². The average Bonchev–Trinajstić information content (AvgIpc) is 2.63. The van der Waals surface area contributed by atoms with Gasteiger partial charge in [0.1, 0.15) is 5.75 Å². The monoisotopic (exact) mass is 454 g/mol. The van der Waals surface area contributed by atoms with Crippen molar-refractivity contribution in [3.8, 4) is 5.75 Å². The standard InChI is InChI=1S/C19H23BrN2O4S/c1-4-5-12-26-18-11-6-14(13-17(18)20)19(23)21-15-7-9-16(10-8-15)27(24,25)22(2)3/h6-11,13H,4-5,12H2,1-3H3,(H,21,23). The third-order valence-corrected chi connectivity index (χ3v) is 6.29. The maximum atomic E-state index is 12.4. The van der Waals surface area contributed by atoms with E-state index in [1.165, 1.54) is 26.2 Å². The van der Waals surface area contributed by atoms with Gasteiger partial charge >= 0.3 is 0 Å². The number of ether oxygens (including phenoxy) is 1. The van der Waals surface area contributed by atoms with Crippen molar-refractivity contribution in [2.45, 2.75) is 24.7 Å². The third kappa shape index (κ3) is 5.54. The first-order valence-electron chi connectivity index (χ1n) is 8.52. The Balaban J connectivity index is 2.08. The fraction of sp³-hybridized carbons (Fsp3) is 0.316. The van der Waals surface area contributed by atoms with Crippen LogP contribution < -0.4 is 10.1 Å². The molecule has 2 rings (SSSR count). The fourth-order valence-corrected chi connectivity index (χ4v) is 3.60. The van der Waals surface area contributed by atoms with E-state index >= 15 is 0 Å². The van der Waals surface area contributed by atoms with E-state index in [1.807, 2.05) is 0 Å². The molecule has 0 unspecified atom stereocenters. The zero-order chi connectivity index (χ0) is 20.0. The smallest absolute Gasteiger partial charge is 0.255 e. The molecule has 0 saturated heterocycles. The zero-order valence-corrected chi connectivity index (χ0v) is 17.9. The summed E-state index contributed by atoms with van der Waals surface area (Å²) >= 11 is 3.42. The Kier molecular flexibility index (Phi) is 7.41. The molecule has 0 aliphatic heterocycles. The van der Waals surface area contributed by atoms with E-state index in [9.17, 15) is 13.2 Å². The molecule has 6 nitrogen and oxygen atoms in total. The molecule has 0 atom stereocenters. The Morgan fingerprint density at radius 1 is 1.15 bits per heavy atom. The summed E-state index contributed by atoms with van der Waals surface area (Å²) in [7, 11) is -0.552. The number of sulfonamides is 1. The molecule has 1 amide bonds. The van der Waals surface area contributed by atoms with Gasteiger partial charge in [-0.1, -0.05) is 13.3 Å². The van der Waals surface area contributed by atoms with Crippen molar-refractivity contribution in [3.63, 3.8) is 0 Å². The average molecular weight is 455 g/mol. The second-order valence-corrected chi connectivity index (χ2v) is 9.12. The second kappa shape index (κ2) is 9.34. The minimum Gasteiger partial charge on any atom is -0.492 e. The Morgan fingerprint density at radius 2 is 1.81 bits per heavy atom. The van der Waals surface area contributed by atoms with Crippen molar-refractivity contribution in [3.05, 3.63) is 52.5 Å². The first-order chi connectivity index (χ1) is 12.8. The molecule has 0 aliphatic carbocycles. The molecule has 0 spiro atoms. The van der Waals surface area contributed by atoms with Crippen molar-refractivity contribution >= 4 is 37.5 Å². The van der Waals surface area contributed by atoms with Crippen LogP contribution in [0.5, 0.6) is 5.75 Å². The van der Waals surface area contributed by atoms with Gasteiger partial charge in [-0.05, 0) is 64.8 Å². The summed E-state index contributed by atoms with van der Waals surface area (Å²) in [6.07, 6.45) is 2.01. The second-order valence-electron chi connectivity index (χ2n) is 6.11. The fourth-order valence-electron chi connectivity index (χ4n) is 2.21. The molecule has 2 aromatic rings. The van der Waals surface area contributed by atoms with Gasteiger partial charge in [0.2, 0.25) is 10.0 Å². The maximum absolute atomic E-state index is 12.4. The molecule has 27 heavy (non-hydrogen) atoms. The number of benzene rings is 2. The number of hydrogen-bond acceptors (Lipinski definition) is 4. The highest BCUT2D eigenvalue weighted by Gasteiger charge is 2.17. The Hall–Kier alpha value is -1.90. The van der Waals surface area contributed by atoms with Gasteiger partial charge in [-0.25, -0.2) is 12.7 Å². The summed E-state index contributed by atoms with van der Waals surface area (Å²) in [4.78, 5) is 12.6. The first kappa shape index (κ1) is 21.4. The minimum atomic E-state index is -3.49. The maximum Gasteiger partial charge on any atom is 0.255 e. The van der Waals surface area contributed by atoms with Crippen molar-refractivity contribution in [1.82, 2.24) is 4.31 Å². The van der Waals surface area contributed by atoms with Crippen LogP contribution in [-0.4, -0.2) is 39.3 Å². The van der Waals surface area contributed by atoms with Crippen LogP contribution in [0.25, 0.3) is 0 Å². The number of hydrogen-bond donors (Lipinski definition) is 1. The Morgan fingerprint density at radius 3 is 2.37 bits per heavy atom. The Labute approximate surface area is 168 Å². The molecule has 0 radical (unpaired) electrons. The highest BCUT2D eigenvalue weighted by molar-refractivity contribution is 9.10. The topological polar surface area (TPSA) is 75.7 Å². The van der Waals surface area contributed by atoms with Gasteiger partial charge in [0.15, 0.2) is 0 Å². The van der Waals surface area contributed by atoms with Crippen LogP contribution in [0, 0.1) is 0 Å². The van der Waals surface area contributed by atoms with E-state index in [1.54, 1.807) is 30.3 Å². The number of rotatable bonds is 8. The third-order valence-electron chi connectivity index (χ3n) is 3.84. The van der Waals surface area contributed by atoms with Crippen LogP contribution in [-0.2, 0) is 10.0 Å². The zero-order valence-electron chi connectivity index (χ0n) is 15.5. The minimum absolute atomic E-state index is 0.168. The van der Waals surface area contributed by atoms with Crippen LogP contribution >= 0.6 is 15.9 Å². The summed E-state index contributed by atoms with van der Waals surface area (Å²) in [6.45, 7) is 2.72. The molecule has 1 N–H and O–H groups in total. The van der Waals surface area contributed by atoms with Gasteiger partial charge in [-0.2, -0.15) is 0 Å².